The molecule has 0 atom stereocenters. The van der Waals surface area contributed by atoms with E-state index in [2.05, 4.69) is 9.80 Å². The lowest BCUT2D eigenvalue weighted by molar-refractivity contribution is -0.171. The highest BCUT2D eigenvalue weighted by Gasteiger charge is 2.46. The van der Waals surface area contributed by atoms with Gasteiger partial charge in [0, 0.05) is 51.1 Å². The summed E-state index contributed by atoms with van der Waals surface area (Å²) in [6.45, 7) is 8.63. The summed E-state index contributed by atoms with van der Waals surface area (Å²) >= 11 is 0. The fourth-order valence-corrected chi connectivity index (χ4v) is 4.04. The van der Waals surface area contributed by atoms with E-state index in [9.17, 15) is 22.8 Å². The molecule has 0 spiro atoms. The maximum atomic E-state index is 13.6. The average Bonchev–Trinajstić information content (AvgIpc) is 2.73. The number of anilines is 2. The van der Waals surface area contributed by atoms with Crippen molar-refractivity contribution in [3.8, 4) is 0 Å². The van der Waals surface area contributed by atoms with Crippen LogP contribution in [0, 0.1) is 0 Å². The molecule has 3 rings (SSSR count). The van der Waals surface area contributed by atoms with Gasteiger partial charge in [-0.2, -0.15) is 13.2 Å². The van der Waals surface area contributed by atoms with Gasteiger partial charge in [-0.05, 0) is 58.9 Å². The molecule has 0 aliphatic carbocycles. The number of alkyl halides is 3. The van der Waals surface area contributed by atoms with Gasteiger partial charge in [0.1, 0.15) is 5.60 Å². The standard InChI is InChI=1S/C23H32F3N3O4/c1-22(2,3)33-20(30)18-15-17(28-11-9-27(4)10-12-28)5-6-19(18)29(21(31)23(24,25)26)16-7-13-32-14-8-16/h5-6,15-16H,7-14H2,1-4H3. The second kappa shape index (κ2) is 9.89. The Labute approximate surface area is 192 Å². The number of nitrogens with zero attached hydrogens (tertiary/aromatic N) is 3. The lowest BCUT2D eigenvalue weighted by Crippen LogP contribution is -2.50. The van der Waals surface area contributed by atoms with Crippen LogP contribution >= 0.6 is 0 Å². The monoisotopic (exact) mass is 471 g/mol. The van der Waals surface area contributed by atoms with Gasteiger partial charge in [-0.25, -0.2) is 4.79 Å². The molecule has 2 fully saturated rings. The molecule has 2 aliphatic rings. The molecule has 0 bridgehead atoms. The molecule has 2 aliphatic heterocycles. The van der Waals surface area contributed by atoms with Crippen molar-refractivity contribution in [3.05, 3.63) is 23.8 Å². The Morgan fingerprint density at radius 3 is 2.21 bits per heavy atom. The first kappa shape index (κ1) is 25.3. The van der Waals surface area contributed by atoms with Crippen LogP contribution in [-0.2, 0) is 14.3 Å². The van der Waals surface area contributed by atoms with Crippen LogP contribution in [0.25, 0.3) is 0 Å². The minimum Gasteiger partial charge on any atom is -0.456 e. The zero-order chi connectivity index (χ0) is 24.4. The molecular weight excluding hydrogens is 439 g/mol. The lowest BCUT2D eigenvalue weighted by atomic mass is 10.0. The van der Waals surface area contributed by atoms with Gasteiger partial charge in [0.05, 0.1) is 11.3 Å². The number of amides is 1. The number of ether oxygens (including phenoxy) is 2. The van der Waals surface area contributed by atoms with Crippen LogP contribution in [0.4, 0.5) is 24.5 Å². The Hall–Kier alpha value is -2.33. The molecule has 1 amide bonds. The van der Waals surface area contributed by atoms with E-state index < -0.39 is 29.7 Å². The predicted octanol–water partition coefficient (Wildman–Crippen LogP) is 3.47. The van der Waals surface area contributed by atoms with Gasteiger partial charge in [-0.3, -0.25) is 4.79 Å². The third-order valence-corrected chi connectivity index (χ3v) is 5.74. The van der Waals surface area contributed by atoms with Crippen molar-refractivity contribution in [2.75, 3.05) is 56.2 Å². The minimum atomic E-state index is -5.08. The second-order valence-electron chi connectivity index (χ2n) is 9.51. The second-order valence-corrected chi connectivity index (χ2v) is 9.51. The normalized spacial score (nSPS) is 18.8. The molecule has 33 heavy (non-hydrogen) atoms. The summed E-state index contributed by atoms with van der Waals surface area (Å²) in [7, 11) is 2.01. The van der Waals surface area contributed by atoms with Crippen molar-refractivity contribution >= 4 is 23.3 Å². The van der Waals surface area contributed by atoms with Gasteiger partial charge in [-0.15, -0.1) is 0 Å². The topological polar surface area (TPSA) is 62.3 Å². The number of esters is 1. The van der Waals surface area contributed by atoms with Gasteiger partial charge in [0.2, 0.25) is 0 Å². The number of rotatable bonds is 4. The van der Waals surface area contributed by atoms with Crippen LogP contribution in [0.2, 0.25) is 0 Å². The molecule has 7 nitrogen and oxygen atoms in total. The van der Waals surface area contributed by atoms with E-state index in [1.165, 1.54) is 6.07 Å². The SMILES string of the molecule is CN1CCN(c2ccc(N(C(=O)C(F)(F)F)C3CCOCC3)c(C(=O)OC(C)(C)C)c2)CC1. The number of carbonyl (C=O) groups excluding carboxylic acids is 2. The van der Waals surface area contributed by atoms with Crippen LogP contribution in [0.3, 0.4) is 0 Å². The fraction of sp³-hybridized carbons (Fsp3) is 0.652. The van der Waals surface area contributed by atoms with E-state index in [0.29, 0.717) is 5.69 Å². The molecule has 184 valence electrons. The third-order valence-electron chi connectivity index (χ3n) is 5.74. The van der Waals surface area contributed by atoms with Crippen molar-refractivity contribution in [2.24, 2.45) is 0 Å². The quantitative estimate of drug-likeness (QED) is 0.627. The summed E-state index contributed by atoms with van der Waals surface area (Å²) in [6, 6.07) is 3.92. The number of halogens is 3. The number of carbonyl (C=O) groups is 2. The van der Waals surface area contributed by atoms with Crippen LogP contribution in [0.5, 0.6) is 0 Å². The molecule has 1 aromatic rings. The highest BCUT2D eigenvalue weighted by Crippen LogP contribution is 2.35. The van der Waals surface area contributed by atoms with Crippen molar-refractivity contribution in [1.82, 2.24) is 4.90 Å². The van der Waals surface area contributed by atoms with Crippen molar-refractivity contribution in [2.45, 2.75) is 51.4 Å². The summed E-state index contributed by atoms with van der Waals surface area (Å²) < 4.78 is 51.6. The molecular formula is C23H32F3N3O4. The number of hydrogen-bond acceptors (Lipinski definition) is 6. The summed E-state index contributed by atoms with van der Waals surface area (Å²) in [5.74, 6) is -2.76. The zero-order valence-electron chi connectivity index (χ0n) is 19.6. The highest BCUT2D eigenvalue weighted by atomic mass is 19.4. The van der Waals surface area contributed by atoms with Crippen molar-refractivity contribution in [3.63, 3.8) is 0 Å². The Kier molecular flexibility index (Phi) is 7.58. The van der Waals surface area contributed by atoms with Gasteiger partial charge in [-0.1, -0.05) is 0 Å². The van der Waals surface area contributed by atoms with Crippen LogP contribution in [-0.4, -0.2) is 81.0 Å². The third kappa shape index (κ3) is 6.38. The number of benzene rings is 1. The van der Waals surface area contributed by atoms with Gasteiger partial charge in [0.25, 0.3) is 0 Å². The molecule has 1 aromatic carbocycles. The number of hydrogen-bond donors (Lipinski definition) is 0. The predicted molar refractivity (Wildman–Crippen MR) is 119 cm³/mol. The fourth-order valence-electron chi connectivity index (χ4n) is 4.04. The summed E-state index contributed by atoms with van der Waals surface area (Å²) in [6.07, 6.45) is -4.59. The van der Waals surface area contributed by atoms with Crippen molar-refractivity contribution < 1.29 is 32.2 Å². The molecule has 0 saturated carbocycles. The van der Waals surface area contributed by atoms with Gasteiger partial charge >= 0.3 is 18.1 Å². The van der Waals surface area contributed by atoms with Gasteiger partial charge < -0.3 is 24.2 Å². The van der Waals surface area contributed by atoms with Crippen LogP contribution < -0.4 is 9.80 Å². The van der Waals surface area contributed by atoms with Crippen LogP contribution in [0.15, 0.2) is 18.2 Å². The summed E-state index contributed by atoms with van der Waals surface area (Å²) in [5.41, 5.74) is -0.281. The first-order valence-corrected chi connectivity index (χ1v) is 11.2. The molecule has 0 unspecified atom stereocenters. The number of piperazine rings is 1. The Balaban J connectivity index is 2.07. The van der Waals surface area contributed by atoms with E-state index in [1.54, 1.807) is 32.9 Å². The molecule has 10 heteroatoms. The summed E-state index contributed by atoms with van der Waals surface area (Å²) in [5, 5.41) is 0. The highest BCUT2D eigenvalue weighted by molar-refractivity contribution is 6.05. The first-order chi connectivity index (χ1) is 15.4. The Bertz CT molecular complexity index is 855. The van der Waals surface area contributed by atoms with E-state index >= 15 is 0 Å². The van der Waals surface area contributed by atoms with E-state index in [-0.39, 0.29) is 37.3 Å². The Morgan fingerprint density at radius 2 is 1.67 bits per heavy atom. The largest absolute Gasteiger partial charge is 0.471 e. The number of likely N-dealkylation sites (N-methyl/N-ethyl adjacent to an activating group) is 1. The maximum Gasteiger partial charge on any atom is 0.471 e. The molecule has 2 heterocycles. The molecule has 0 radical (unpaired) electrons. The first-order valence-electron chi connectivity index (χ1n) is 11.2. The summed E-state index contributed by atoms with van der Waals surface area (Å²) in [4.78, 5) is 30.6. The van der Waals surface area contributed by atoms with E-state index in [0.717, 1.165) is 31.1 Å². The average molecular weight is 472 g/mol. The van der Waals surface area contributed by atoms with Crippen molar-refractivity contribution in [1.29, 1.82) is 0 Å². The molecule has 0 aromatic heterocycles. The Morgan fingerprint density at radius 1 is 1.06 bits per heavy atom. The van der Waals surface area contributed by atoms with Crippen LogP contribution in [0.1, 0.15) is 44.0 Å². The molecule has 0 N–H and O–H groups in total. The maximum absolute atomic E-state index is 13.6. The van der Waals surface area contributed by atoms with Gasteiger partial charge in [0.15, 0.2) is 0 Å². The van der Waals surface area contributed by atoms with E-state index in [4.69, 9.17) is 9.47 Å². The molecule has 2 saturated heterocycles. The smallest absolute Gasteiger partial charge is 0.456 e. The lowest BCUT2D eigenvalue weighted by Gasteiger charge is -2.37. The minimum absolute atomic E-state index is 0.0505. The van der Waals surface area contributed by atoms with E-state index in [1.807, 2.05) is 7.05 Å². The zero-order valence-corrected chi connectivity index (χ0v) is 19.6.